The third-order valence-corrected chi connectivity index (χ3v) is 17.3. The summed E-state index contributed by atoms with van der Waals surface area (Å²) in [5, 5.41) is 11.4. The van der Waals surface area contributed by atoms with Crippen molar-refractivity contribution in [1.29, 1.82) is 0 Å². The molecule has 4 atom stereocenters. The van der Waals surface area contributed by atoms with Crippen LogP contribution in [0.15, 0.2) is 35.3 Å². The molecule has 0 unspecified atom stereocenters. The summed E-state index contributed by atoms with van der Waals surface area (Å²) in [6.45, 7) is 27.5. The summed E-state index contributed by atoms with van der Waals surface area (Å²) >= 11 is 0. The molecule has 2 rings (SSSR count). The van der Waals surface area contributed by atoms with Crippen molar-refractivity contribution in [1.82, 2.24) is 0 Å². The van der Waals surface area contributed by atoms with Crippen LogP contribution in [0.1, 0.15) is 67.9 Å². The van der Waals surface area contributed by atoms with Crippen molar-refractivity contribution in [2.45, 2.75) is 123 Å². The first-order valence-corrected chi connectivity index (χ1v) is 19.9. The molecule has 7 nitrogen and oxygen atoms in total. The van der Waals surface area contributed by atoms with Gasteiger partial charge in [0.15, 0.2) is 22.7 Å². The molecule has 0 aromatic heterocycles. The highest BCUT2D eigenvalue weighted by Crippen LogP contribution is 2.41. The maximum atomic E-state index is 12.5. The minimum Gasteiger partial charge on any atom is -0.468 e. The number of hydrogen-bond donors (Lipinski definition) is 1. The topological polar surface area (TPSA) is 86.6 Å². The van der Waals surface area contributed by atoms with Gasteiger partial charge in [-0.15, -0.1) is 0 Å². The zero-order valence-electron chi connectivity index (χ0n) is 26.5. The Morgan fingerprint density at radius 2 is 1.49 bits per heavy atom. The first-order valence-electron chi connectivity index (χ1n) is 14.0. The lowest BCUT2D eigenvalue weighted by Gasteiger charge is -2.46. The van der Waals surface area contributed by atoms with Crippen LogP contribution in [0.5, 0.6) is 0 Å². The second-order valence-electron chi connectivity index (χ2n) is 14.8. The first kappa shape index (κ1) is 33.7. The molecule has 1 aromatic carbocycles. The Labute approximate surface area is 238 Å². The van der Waals surface area contributed by atoms with Crippen molar-refractivity contribution in [3.05, 3.63) is 35.9 Å². The maximum Gasteiger partial charge on any atom is 0.311 e. The molecular weight excluding hydrogens is 527 g/mol. The van der Waals surface area contributed by atoms with Gasteiger partial charge in [0.2, 0.25) is 5.90 Å². The predicted octanol–water partition coefficient (Wildman–Crippen LogP) is 6.56. The fourth-order valence-corrected chi connectivity index (χ4v) is 5.81. The van der Waals surface area contributed by atoms with Crippen molar-refractivity contribution in [2.75, 3.05) is 13.2 Å². The van der Waals surface area contributed by atoms with Crippen LogP contribution in [0.3, 0.4) is 0 Å². The third kappa shape index (κ3) is 8.73. The highest BCUT2D eigenvalue weighted by molar-refractivity contribution is 6.74. The summed E-state index contributed by atoms with van der Waals surface area (Å²) < 4.78 is 25.5. The van der Waals surface area contributed by atoms with Gasteiger partial charge in [0.25, 0.3) is 0 Å². The lowest BCUT2D eigenvalue weighted by atomic mass is 9.97. The zero-order chi connectivity index (χ0) is 30.0. The normalized spacial score (nSPS) is 22.1. The number of carbonyl (C=O) groups is 1. The van der Waals surface area contributed by atoms with Gasteiger partial charge in [-0.3, -0.25) is 4.79 Å². The second kappa shape index (κ2) is 12.1. The highest BCUT2D eigenvalue weighted by Gasteiger charge is 2.49. The van der Waals surface area contributed by atoms with Crippen LogP contribution in [0.25, 0.3) is 0 Å². The number of esters is 1. The number of aliphatic hydroxyl groups excluding tert-OH is 1. The van der Waals surface area contributed by atoms with Gasteiger partial charge in [-0.05, 0) is 69.2 Å². The third-order valence-electron chi connectivity index (χ3n) is 8.29. The molecule has 222 valence electrons. The molecule has 1 aliphatic rings. The lowest BCUT2D eigenvalue weighted by molar-refractivity contribution is -0.160. The molecule has 0 amide bonds. The van der Waals surface area contributed by atoms with Gasteiger partial charge in [-0.25, -0.2) is 4.99 Å². The van der Waals surface area contributed by atoms with Crippen molar-refractivity contribution in [2.24, 2.45) is 10.4 Å². The van der Waals surface area contributed by atoms with Crippen molar-refractivity contribution in [3.63, 3.8) is 0 Å². The Morgan fingerprint density at radius 3 is 1.97 bits per heavy atom. The predicted molar refractivity (Wildman–Crippen MR) is 163 cm³/mol. The molecule has 0 aliphatic carbocycles. The molecule has 1 aliphatic heterocycles. The van der Waals surface area contributed by atoms with E-state index in [2.05, 4.69) is 67.7 Å². The highest BCUT2D eigenvalue weighted by atomic mass is 28.4. The Morgan fingerprint density at radius 1 is 0.949 bits per heavy atom. The van der Waals surface area contributed by atoms with Gasteiger partial charge in [0, 0.05) is 5.56 Å². The summed E-state index contributed by atoms with van der Waals surface area (Å²) in [4.78, 5) is 17.5. The van der Waals surface area contributed by atoms with Crippen LogP contribution < -0.4 is 0 Å². The van der Waals surface area contributed by atoms with E-state index in [9.17, 15) is 9.90 Å². The summed E-state index contributed by atoms with van der Waals surface area (Å²) in [6, 6.07) is 9.25. The van der Waals surface area contributed by atoms with Gasteiger partial charge in [0.05, 0.1) is 12.0 Å². The molecule has 1 aromatic rings. The summed E-state index contributed by atoms with van der Waals surface area (Å²) in [5.74, 6) is 0.0506. The summed E-state index contributed by atoms with van der Waals surface area (Å²) in [6.07, 6.45) is -2.49. The molecular formula is C30H53NO6Si2. The fourth-order valence-electron chi connectivity index (χ4n) is 3.47. The van der Waals surface area contributed by atoms with Crippen LogP contribution in [0, 0.1) is 5.41 Å². The quantitative estimate of drug-likeness (QED) is 0.263. The van der Waals surface area contributed by atoms with E-state index in [1.54, 1.807) is 20.8 Å². The van der Waals surface area contributed by atoms with Gasteiger partial charge in [-0.2, -0.15) is 0 Å². The number of nitrogens with zero attached hydrogens (tertiary/aromatic N) is 1. The minimum absolute atomic E-state index is 0.0278. The average molecular weight is 580 g/mol. The monoisotopic (exact) mass is 579 g/mol. The molecule has 0 saturated carbocycles. The number of aliphatic imine (C=N–C) groups is 1. The van der Waals surface area contributed by atoms with Crippen LogP contribution in [0.2, 0.25) is 36.3 Å². The van der Waals surface area contributed by atoms with E-state index in [1.165, 1.54) is 0 Å². The van der Waals surface area contributed by atoms with E-state index in [0.717, 1.165) is 5.56 Å². The van der Waals surface area contributed by atoms with Crippen molar-refractivity contribution < 1.29 is 28.2 Å². The van der Waals surface area contributed by atoms with E-state index in [-0.39, 0.29) is 22.7 Å². The molecule has 1 N–H and O–H groups in total. The number of benzene rings is 1. The van der Waals surface area contributed by atoms with Crippen molar-refractivity contribution >= 4 is 28.5 Å². The SMILES string of the molecule is CC(C)(C)C(=O)OC[C@@H](O)[C@H]1OC(c2ccccc2)=N[C@H](CO[Si](C)(C)C(C)(C)C)[C@H]1O[Si](C)(C)C(C)(C)C. The largest absolute Gasteiger partial charge is 0.468 e. The summed E-state index contributed by atoms with van der Waals surface area (Å²) in [7, 11) is -4.42. The van der Waals surface area contributed by atoms with Crippen LogP contribution in [0.4, 0.5) is 0 Å². The van der Waals surface area contributed by atoms with Crippen LogP contribution >= 0.6 is 0 Å². The Kier molecular flexibility index (Phi) is 10.5. The number of rotatable bonds is 9. The second-order valence-corrected chi connectivity index (χ2v) is 24.3. The molecule has 0 fully saturated rings. The number of hydrogen-bond acceptors (Lipinski definition) is 7. The smallest absolute Gasteiger partial charge is 0.311 e. The van der Waals surface area contributed by atoms with Crippen molar-refractivity contribution in [3.8, 4) is 0 Å². The molecule has 0 saturated heterocycles. The number of aliphatic hydroxyl groups is 1. The van der Waals surface area contributed by atoms with E-state index in [0.29, 0.717) is 12.5 Å². The zero-order valence-corrected chi connectivity index (χ0v) is 28.5. The fraction of sp³-hybridized carbons (Fsp3) is 0.733. The van der Waals surface area contributed by atoms with E-state index in [4.69, 9.17) is 23.3 Å². The maximum absolute atomic E-state index is 12.5. The number of carbonyl (C=O) groups excluding carboxylic acids is 1. The van der Waals surface area contributed by atoms with Crippen LogP contribution in [-0.4, -0.2) is 71.2 Å². The molecule has 0 bridgehead atoms. The average Bonchev–Trinajstić information content (AvgIpc) is 2.79. The Hall–Kier alpha value is -1.53. The van der Waals surface area contributed by atoms with E-state index >= 15 is 0 Å². The standard InChI is InChI=1S/C30H53NO6Si2/c1-28(2,3)27(33)34-20-23(32)25-24(37-39(12,13)30(7,8)9)22(19-35-38(10,11)29(4,5)6)31-26(36-25)21-17-15-14-16-18-21/h14-18,22-25,32H,19-20H2,1-13H3/t22-,23-,24-,25-/m1/s1. The van der Waals surface area contributed by atoms with E-state index < -0.39 is 46.4 Å². The van der Waals surface area contributed by atoms with Gasteiger partial charge in [-0.1, -0.05) is 59.7 Å². The molecule has 1 heterocycles. The molecule has 9 heteroatoms. The van der Waals surface area contributed by atoms with Crippen LogP contribution in [-0.2, 0) is 23.1 Å². The molecule has 39 heavy (non-hydrogen) atoms. The van der Waals surface area contributed by atoms with Gasteiger partial charge >= 0.3 is 5.97 Å². The molecule has 0 radical (unpaired) electrons. The number of ether oxygens (including phenoxy) is 2. The first-order chi connectivity index (χ1) is 17.6. The Balaban J connectivity index is 2.53. The van der Waals surface area contributed by atoms with Gasteiger partial charge < -0.3 is 23.4 Å². The Bertz CT molecular complexity index is 989. The van der Waals surface area contributed by atoms with E-state index in [1.807, 2.05) is 30.3 Å². The molecule has 0 spiro atoms. The summed E-state index contributed by atoms with van der Waals surface area (Å²) in [5.41, 5.74) is 0.130. The lowest BCUT2D eigenvalue weighted by Crippen LogP contribution is -2.59. The minimum atomic E-state index is -2.32. The van der Waals surface area contributed by atoms with Gasteiger partial charge in [0.1, 0.15) is 24.9 Å².